The molecule has 0 spiro atoms. The highest BCUT2D eigenvalue weighted by molar-refractivity contribution is 7.91. The number of hydrogen-bond donors (Lipinski definition) is 2. The minimum atomic E-state index is -3.01. The molecule has 0 aliphatic heterocycles. The zero-order valence-corrected chi connectivity index (χ0v) is 12.8. The first-order chi connectivity index (χ1) is 8.44. The predicted molar refractivity (Wildman–Crippen MR) is 76.9 cm³/mol. The molecule has 0 aromatic heterocycles. The molecule has 19 heavy (non-hydrogen) atoms. The molecular weight excluding hydrogens is 288 g/mol. The third kappa shape index (κ3) is 3.61. The Labute approximate surface area is 121 Å². The molecule has 0 aromatic carbocycles. The molecule has 2 rings (SSSR count). The fourth-order valence-electron chi connectivity index (χ4n) is 3.32. The fraction of sp³-hybridized carbons (Fsp3) is 0.917. The largest absolute Gasteiger partial charge is 0.355 e. The Balaban J connectivity index is 0.00000180. The van der Waals surface area contributed by atoms with Crippen LogP contribution in [0, 0.1) is 17.8 Å². The molecule has 3 N–H and O–H groups in total. The first-order valence-corrected chi connectivity index (χ1v) is 8.50. The van der Waals surface area contributed by atoms with Crippen molar-refractivity contribution >= 4 is 28.2 Å². The molecule has 0 saturated heterocycles. The van der Waals surface area contributed by atoms with E-state index in [4.69, 9.17) is 5.73 Å². The summed E-state index contributed by atoms with van der Waals surface area (Å²) in [6.45, 7) is 1.82. The number of fused-ring (bicyclic) bond motifs is 2. The average molecular weight is 311 g/mol. The van der Waals surface area contributed by atoms with Gasteiger partial charge in [-0.2, -0.15) is 0 Å². The molecule has 7 heteroatoms. The molecule has 112 valence electrons. The molecular formula is C12H23ClN2O3S. The number of carbonyl (C=O) groups is 1. The van der Waals surface area contributed by atoms with Gasteiger partial charge in [0, 0.05) is 18.3 Å². The minimum Gasteiger partial charge on any atom is -0.355 e. The van der Waals surface area contributed by atoms with Crippen molar-refractivity contribution in [1.82, 2.24) is 5.32 Å². The van der Waals surface area contributed by atoms with Crippen LogP contribution in [-0.2, 0) is 14.6 Å². The normalized spacial score (nSPS) is 32.9. The van der Waals surface area contributed by atoms with Gasteiger partial charge in [0.15, 0.2) is 9.84 Å². The lowest BCUT2D eigenvalue weighted by Gasteiger charge is -2.26. The van der Waals surface area contributed by atoms with Crippen molar-refractivity contribution in [2.75, 3.05) is 18.1 Å². The van der Waals surface area contributed by atoms with Crippen molar-refractivity contribution in [3.05, 3.63) is 0 Å². The number of carbonyl (C=O) groups excluding carboxylic acids is 1. The number of hydrogen-bond acceptors (Lipinski definition) is 4. The van der Waals surface area contributed by atoms with Gasteiger partial charge in [-0.25, -0.2) is 8.42 Å². The van der Waals surface area contributed by atoms with Crippen LogP contribution in [0.1, 0.15) is 26.2 Å². The molecule has 4 unspecified atom stereocenters. The van der Waals surface area contributed by atoms with E-state index in [1.165, 1.54) is 0 Å². The van der Waals surface area contributed by atoms with Gasteiger partial charge >= 0.3 is 0 Å². The van der Waals surface area contributed by atoms with E-state index in [9.17, 15) is 13.2 Å². The van der Waals surface area contributed by atoms with Crippen LogP contribution in [0.3, 0.4) is 0 Å². The second-order valence-electron chi connectivity index (χ2n) is 5.46. The monoisotopic (exact) mass is 310 g/mol. The second-order valence-corrected chi connectivity index (χ2v) is 7.94. The number of sulfone groups is 1. The standard InChI is InChI=1S/C12H22N2O3S.ClH/c1-2-18(16,17)6-5-14-12(15)10-8-3-4-9(7-8)11(10)13;/h8-11H,2-7,13H2,1H3,(H,14,15);1H. The molecule has 0 aromatic rings. The van der Waals surface area contributed by atoms with Crippen LogP contribution in [-0.4, -0.2) is 38.4 Å². The molecule has 1 amide bonds. The van der Waals surface area contributed by atoms with Gasteiger partial charge in [-0.3, -0.25) is 4.79 Å². The molecule has 0 radical (unpaired) electrons. The molecule has 4 atom stereocenters. The van der Waals surface area contributed by atoms with Crippen molar-refractivity contribution in [2.24, 2.45) is 23.5 Å². The zero-order chi connectivity index (χ0) is 13.3. The Hall–Kier alpha value is -0.330. The maximum Gasteiger partial charge on any atom is 0.224 e. The fourth-order valence-corrected chi connectivity index (χ4v) is 4.02. The van der Waals surface area contributed by atoms with E-state index in [1.807, 2.05) is 0 Å². The molecule has 2 fully saturated rings. The maximum absolute atomic E-state index is 12.0. The predicted octanol–water partition coefficient (Wildman–Crippen LogP) is 0.333. The lowest BCUT2D eigenvalue weighted by atomic mass is 9.84. The van der Waals surface area contributed by atoms with Crippen LogP contribution in [0.15, 0.2) is 0 Å². The van der Waals surface area contributed by atoms with Crippen molar-refractivity contribution in [3.63, 3.8) is 0 Å². The van der Waals surface area contributed by atoms with Crippen LogP contribution in [0.4, 0.5) is 0 Å². The summed E-state index contributed by atoms with van der Waals surface area (Å²) >= 11 is 0. The summed E-state index contributed by atoms with van der Waals surface area (Å²) in [5.41, 5.74) is 6.07. The average Bonchev–Trinajstić information content (AvgIpc) is 2.89. The van der Waals surface area contributed by atoms with E-state index in [0.717, 1.165) is 19.3 Å². The number of rotatable bonds is 5. The Morgan fingerprint density at radius 1 is 1.32 bits per heavy atom. The van der Waals surface area contributed by atoms with Crippen LogP contribution < -0.4 is 11.1 Å². The van der Waals surface area contributed by atoms with Crippen LogP contribution >= 0.6 is 12.4 Å². The Bertz CT molecular complexity index is 425. The molecule has 2 saturated carbocycles. The quantitative estimate of drug-likeness (QED) is 0.766. The molecule has 0 heterocycles. The number of nitrogens with two attached hydrogens (primary N) is 1. The summed E-state index contributed by atoms with van der Waals surface area (Å²) in [5.74, 6) is 0.883. The van der Waals surface area contributed by atoms with Crippen LogP contribution in [0.5, 0.6) is 0 Å². The van der Waals surface area contributed by atoms with Gasteiger partial charge < -0.3 is 11.1 Å². The summed E-state index contributed by atoms with van der Waals surface area (Å²) < 4.78 is 22.6. The number of amides is 1. The minimum absolute atomic E-state index is 0. The van der Waals surface area contributed by atoms with Crippen LogP contribution in [0.2, 0.25) is 0 Å². The van der Waals surface area contributed by atoms with Crippen molar-refractivity contribution < 1.29 is 13.2 Å². The number of halogens is 1. The van der Waals surface area contributed by atoms with Gasteiger partial charge in [-0.05, 0) is 31.1 Å². The Kier molecular flexibility index (Phi) is 5.65. The van der Waals surface area contributed by atoms with E-state index in [2.05, 4.69) is 5.32 Å². The van der Waals surface area contributed by atoms with E-state index < -0.39 is 9.84 Å². The SMILES string of the molecule is CCS(=O)(=O)CCNC(=O)C1C2CCC(C2)C1N.Cl. The van der Waals surface area contributed by atoms with Crippen LogP contribution in [0.25, 0.3) is 0 Å². The summed E-state index contributed by atoms with van der Waals surface area (Å²) in [6.07, 6.45) is 3.29. The summed E-state index contributed by atoms with van der Waals surface area (Å²) in [5, 5.41) is 2.73. The maximum atomic E-state index is 12.0. The van der Waals surface area contributed by atoms with Gasteiger partial charge in [0.1, 0.15) is 0 Å². The highest BCUT2D eigenvalue weighted by Gasteiger charge is 2.48. The second kappa shape index (κ2) is 6.41. The topological polar surface area (TPSA) is 89.3 Å². The summed E-state index contributed by atoms with van der Waals surface area (Å²) in [7, 11) is -3.01. The first kappa shape index (κ1) is 16.7. The lowest BCUT2D eigenvalue weighted by molar-refractivity contribution is -0.126. The van der Waals surface area contributed by atoms with E-state index >= 15 is 0 Å². The van der Waals surface area contributed by atoms with Gasteiger partial charge in [0.05, 0.1) is 11.7 Å². The van der Waals surface area contributed by atoms with Gasteiger partial charge in [-0.1, -0.05) is 6.92 Å². The molecule has 2 aliphatic carbocycles. The van der Waals surface area contributed by atoms with E-state index in [-0.39, 0.29) is 48.3 Å². The summed E-state index contributed by atoms with van der Waals surface area (Å²) in [6, 6.07) is -0.0356. The third-order valence-electron chi connectivity index (χ3n) is 4.44. The highest BCUT2D eigenvalue weighted by atomic mass is 35.5. The van der Waals surface area contributed by atoms with E-state index in [1.54, 1.807) is 6.92 Å². The molecule has 5 nitrogen and oxygen atoms in total. The van der Waals surface area contributed by atoms with Crippen molar-refractivity contribution in [1.29, 1.82) is 0 Å². The van der Waals surface area contributed by atoms with Crippen molar-refractivity contribution in [3.8, 4) is 0 Å². The number of nitrogens with one attached hydrogen (secondary N) is 1. The van der Waals surface area contributed by atoms with Gasteiger partial charge in [0.25, 0.3) is 0 Å². The molecule has 2 aliphatic rings. The molecule has 2 bridgehead atoms. The highest BCUT2D eigenvalue weighted by Crippen LogP contribution is 2.47. The smallest absolute Gasteiger partial charge is 0.224 e. The Morgan fingerprint density at radius 2 is 1.95 bits per heavy atom. The first-order valence-electron chi connectivity index (χ1n) is 6.68. The third-order valence-corrected chi connectivity index (χ3v) is 6.14. The zero-order valence-electron chi connectivity index (χ0n) is 11.2. The van der Waals surface area contributed by atoms with Crippen molar-refractivity contribution in [2.45, 2.75) is 32.2 Å². The van der Waals surface area contributed by atoms with Gasteiger partial charge in [-0.15, -0.1) is 12.4 Å². The lowest BCUT2D eigenvalue weighted by Crippen LogP contribution is -2.46. The Morgan fingerprint density at radius 3 is 2.47 bits per heavy atom. The summed E-state index contributed by atoms with van der Waals surface area (Å²) in [4.78, 5) is 12.0. The van der Waals surface area contributed by atoms with Gasteiger partial charge in [0.2, 0.25) is 5.91 Å². The van der Waals surface area contributed by atoms with E-state index in [0.29, 0.717) is 11.8 Å².